The second-order valence-electron chi connectivity index (χ2n) is 5.96. The number of carbonyl (C=O) groups excluding carboxylic acids is 1. The molecule has 1 amide bonds. The summed E-state index contributed by atoms with van der Waals surface area (Å²) in [5.41, 5.74) is 8.39. The smallest absolute Gasteiger partial charge is 0.243 e. The van der Waals surface area contributed by atoms with Gasteiger partial charge in [0.1, 0.15) is 0 Å². The normalized spacial score (nSPS) is 18.6. The molecule has 0 radical (unpaired) electrons. The van der Waals surface area contributed by atoms with E-state index in [9.17, 15) is 4.79 Å². The molecule has 1 heterocycles. The quantitative estimate of drug-likeness (QED) is 0.779. The molecule has 0 saturated carbocycles. The lowest BCUT2D eigenvalue weighted by molar-refractivity contribution is -0.113. The number of primary amides is 1. The number of carbonyl (C=O) groups is 1. The number of nitrogens with one attached hydrogen (secondary N) is 1. The van der Waals surface area contributed by atoms with E-state index in [1.54, 1.807) is 0 Å². The van der Waals surface area contributed by atoms with Crippen LogP contribution in [0.4, 0.5) is 0 Å². The molecule has 102 valence electrons. The zero-order valence-corrected chi connectivity index (χ0v) is 11.7. The van der Waals surface area contributed by atoms with Gasteiger partial charge >= 0.3 is 0 Å². The minimum atomic E-state index is -0.427. The predicted octanol–water partition coefficient (Wildman–Crippen LogP) is 2.59. The number of amides is 1. The number of hydrogen-bond acceptors (Lipinski definition) is 2. The topological polar surface area (TPSA) is 55.1 Å². The van der Waals surface area contributed by atoms with E-state index in [0.717, 1.165) is 17.7 Å². The Hall–Kier alpha value is -2.29. The van der Waals surface area contributed by atoms with Gasteiger partial charge in [0.05, 0.1) is 0 Å². The Labute approximate surface area is 118 Å². The molecule has 0 bridgehead atoms. The molecule has 0 aromatic heterocycles. The Kier molecular flexibility index (Phi) is 2.78. The first-order chi connectivity index (χ1) is 9.46. The SMILES string of the molecule is CC1(C)Cc2c(ccc3ccccc23)C(=CC(N)=O)N1. The monoisotopic (exact) mass is 266 g/mol. The Morgan fingerprint density at radius 3 is 2.75 bits per heavy atom. The highest BCUT2D eigenvalue weighted by molar-refractivity contribution is 5.97. The molecule has 0 saturated heterocycles. The van der Waals surface area contributed by atoms with Crippen molar-refractivity contribution in [3.8, 4) is 0 Å². The minimum Gasteiger partial charge on any atom is -0.379 e. The van der Waals surface area contributed by atoms with Crippen molar-refractivity contribution in [2.75, 3.05) is 0 Å². The Morgan fingerprint density at radius 2 is 2.00 bits per heavy atom. The molecule has 3 heteroatoms. The van der Waals surface area contributed by atoms with Crippen LogP contribution in [-0.4, -0.2) is 11.4 Å². The molecule has 3 nitrogen and oxygen atoms in total. The maximum Gasteiger partial charge on any atom is 0.243 e. The van der Waals surface area contributed by atoms with Crippen molar-refractivity contribution in [2.45, 2.75) is 25.8 Å². The van der Waals surface area contributed by atoms with Crippen molar-refractivity contribution in [2.24, 2.45) is 5.73 Å². The summed E-state index contributed by atoms with van der Waals surface area (Å²) in [5, 5.41) is 5.87. The van der Waals surface area contributed by atoms with Crippen LogP contribution < -0.4 is 11.1 Å². The summed E-state index contributed by atoms with van der Waals surface area (Å²) in [6, 6.07) is 12.5. The number of nitrogens with two attached hydrogens (primary N) is 1. The molecular formula is C17H18N2O. The van der Waals surface area contributed by atoms with Crippen LogP contribution in [0.1, 0.15) is 25.0 Å². The fourth-order valence-corrected chi connectivity index (χ4v) is 2.95. The van der Waals surface area contributed by atoms with E-state index < -0.39 is 5.91 Å². The van der Waals surface area contributed by atoms with Crippen LogP contribution in [0.15, 0.2) is 42.5 Å². The van der Waals surface area contributed by atoms with Crippen LogP contribution in [0.25, 0.3) is 16.5 Å². The molecule has 0 atom stereocenters. The van der Waals surface area contributed by atoms with Gasteiger partial charge in [-0.25, -0.2) is 0 Å². The van der Waals surface area contributed by atoms with Gasteiger partial charge in [0.25, 0.3) is 0 Å². The van der Waals surface area contributed by atoms with Crippen LogP contribution in [-0.2, 0) is 11.2 Å². The number of fused-ring (bicyclic) bond motifs is 3. The van der Waals surface area contributed by atoms with Crippen molar-refractivity contribution in [3.05, 3.63) is 53.6 Å². The van der Waals surface area contributed by atoms with Gasteiger partial charge in [0, 0.05) is 22.9 Å². The Bertz CT molecular complexity index is 729. The number of benzene rings is 2. The molecule has 0 fully saturated rings. The van der Waals surface area contributed by atoms with Gasteiger partial charge in [0.15, 0.2) is 0 Å². The minimum absolute atomic E-state index is 0.0988. The Morgan fingerprint density at radius 1 is 1.25 bits per heavy atom. The van der Waals surface area contributed by atoms with Gasteiger partial charge in [-0.2, -0.15) is 0 Å². The second kappa shape index (κ2) is 4.37. The molecule has 0 unspecified atom stereocenters. The maximum atomic E-state index is 11.3. The molecular weight excluding hydrogens is 248 g/mol. The van der Waals surface area contributed by atoms with E-state index in [-0.39, 0.29) is 5.54 Å². The fraction of sp³-hybridized carbons (Fsp3) is 0.235. The Balaban J connectivity index is 2.29. The van der Waals surface area contributed by atoms with Crippen LogP contribution in [0, 0.1) is 0 Å². The van der Waals surface area contributed by atoms with Gasteiger partial charge < -0.3 is 11.1 Å². The third-order valence-corrected chi connectivity index (χ3v) is 3.71. The second-order valence-corrected chi connectivity index (χ2v) is 5.96. The van der Waals surface area contributed by atoms with Crippen molar-refractivity contribution < 1.29 is 4.79 Å². The highest BCUT2D eigenvalue weighted by atomic mass is 16.1. The van der Waals surface area contributed by atoms with Crippen molar-refractivity contribution in [1.29, 1.82) is 0 Å². The molecule has 2 aromatic rings. The summed E-state index contributed by atoms with van der Waals surface area (Å²) >= 11 is 0. The van der Waals surface area contributed by atoms with E-state index >= 15 is 0 Å². The van der Waals surface area contributed by atoms with Gasteiger partial charge in [-0.15, -0.1) is 0 Å². The summed E-state index contributed by atoms with van der Waals surface area (Å²) < 4.78 is 0. The van der Waals surface area contributed by atoms with Gasteiger partial charge in [0.2, 0.25) is 5.91 Å². The highest BCUT2D eigenvalue weighted by Gasteiger charge is 2.28. The zero-order valence-electron chi connectivity index (χ0n) is 11.7. The lowest BCUT2D eigenvalue weighted by atomic mass is 9.83. The van der Waals surface area contributed by atoms with Gasteiger partial charge in [-0.1, -0.05) is 36.4 Å². The van der Waals surface area contributed by atoms with Gasteiger partial charge in [-0.3, -0.25) is 4.79 Å². The average Bonchev–Trinajstić information content (AvgIpc) is 2.36. The molecule has 3 N–H and O–H groups in total. The standard InChI is InChI=1S/C17H18N2O/c1-17(2)10-14-12-6-4-3-5-11(12)7-8-13(14)15(19-17)9-16(18)20/h3-9,19H,10H2,1-2H3,(H2,18,20). The van der Waals surface area contributed by atoms with E-state index in [0.29, 0.717) is 0 Å². The summed E-state index contributed by atoms with van der Waals surface area (Å²) in [5.74, 6) is -0.427. The lowest BCUT2D eigenvalue weighted by Gasteiger charge is -2.36. The van der Waals surface area contributed by atoms with E-state index in [2.05, 4.69) is 49.5 Å². The fourth-order valence-electron chi connectivity index (χ4n) is 2.95. The maximum absolute atomic E-state index is 11.3. The molecule has 1 aliphatic heterocycles. The molecule has 1 aliphatic rings. The summed E-state index contributed by atoms with van der Waals surface area (Å²) in [4.78, 5) is 11.3. The van der Waals surface area contributed by atoms with E-state index in [1.807, 2.05) is 6.07 Å². The van der Waals surface area contributed by atoms with E-state index in [1.165, 1.54) is 22.4 Å². The predicted molar refractivity (Wildman–Crippen MR) is 82.0 cm³/mol. The average molecular weight is 266 g/mol. The van der Waals surface area contributed by atoms with E-state index in [4.69, 9.17) is 5.73 Å². The zero-order chi connectivity index (χ0) is 14.3. The van der Waals surface area contributed by atoms with Crippen molar-refractivity contribution in [3.63, 3.8) is 0 Å². The van der Waals surface area contributed by atoms with Crippen molar-refractivity contribution in [1.82, 2.24) is 5.32 Å². The molecule has 0 spiro atoms. The molecule has 20 heavy (non-hydrogen) atoms. The largest absolute Gasteiger partial charge is 0.379 e. The van der Waals surface area contributed by atoms with Crippen LogP contribution in [0.3, 0.4) is 0 Å². The number of rotatable bonds is 1. The first-order valence-corrected chi connectivity index (χ1v) is 6.77. The highest BCUT2D eigenvalue weighted by Crippen LogP contribution is 2.34. The first-order valence-electron chi connectivity index (χ1n) is 6.77. The van der Waals surface area contributed by atoms with Crippen LogP contribution in [0.5, 0.6) is 0 Å². The summed E-state index contributed by atoms with van der Waals surface area (Å²) in [7, 11) is 0. The number of hydrogen-bond donors (Lipinski definition) is 2. The van der Waals surface area contributed by atoms with Gasteiger partial charge in [-0.05, 0) is 36.6 Å². The third kappa shape index (κ3) is 2.16. The molecule has 2 aromatic carbocycles. The third-order valence-electron chi connectivity index (χ3n) is 3.71. The first kappa shape index (κ1) is 12.7. The van der Waals surface area contributed by atoms with Crippen LogP contribution in [0.2, 0.25) is 0 Å². The van der Waals surface area contributed by atoms with Crippen molar-refractivity contribution >= 4 is 22.4 Å². The molecule has 0 aliphatic carbocycles. The summed E-state index contributed by atoms with van der Waals surface area (Å²) in [6.07, 6.45) is 2.40. The summed E-state index contributed by atoms with van der Waals surface area (Å²) in [6.45, 7) is 4.26. The molecule has 3 rings (SSSR count). The van der Waals surface area contributed by atoms with Crippen LogP contribution >= 0.6 is 0 Å². The lowest BCUT2D eigenvalue weighted by Crippen LogP contribution is -2.44.